The zero-order valence-electron chi connectivity index (χ0n) is 12.7. The van der Waals surface area contributed by atoms with Crippen molar-refractivity contribution < 1.29 is 4.74 Å². The van der Waals surface area contributed by atoms with Crippen LogP contribution in [0.25, 0.3) is 0 Å². The summed E-state index contributed by atoms with van der Waals surface area (Å²) in [4.78, 5) is 0. The van der Waals surface area contributed by atoms with E-state index in [4.69, 9.17) is 16.3 Å². The van der Waals surface area contributed by atoms with Gasteiger partial charge in [-0.1, -0.05) is 23.7 Å². The van der Waals surface area contributed by atoms with E-state index in [0.717, 1.165) is 37.0 Å². The van der Waals surface area contributed by atoms with E-state index in [9.17, 15) is 0 Å². The minimum Gasteiger partial charge on any atom is -0.381 e. The number of hydrogen-bond acceptors (Lipinski definition) is 2. The van der Waals surface area contributed by atoms with E-state index in [1.54, 1.807) is 0 Å². The van der Waals surface area contributed by atoms with Crippen LogP contribution in [0.1, 0.15) is 37.7 Å². The summed E-state index contributed by atoms with van der Waals surface area (Å²) in [6.07, 6.45) is 7.41. The maximum Gasteiger partial charge on any atom is 0.0469 e. The van der Waals surface area contributed by atoms with E-state index in [2.05, 4.69) is 17.4 Å². The quantitative estimate of drug-likeness (QED) is 0.708. The number of benzene rings is 1. The van der Waals surface area contributed by atoms with Gasteiger partial charge in [-0.2, -0.15) is 0 Å². The second kappa shape index (κ2) is 11.3. The molecule has 1 aromatic rings. The monoisotopic (exact) mass is 331 g/mol. The fraction of sp³-hybridized carbons (Fsp3) is 0.647. The predicted octanol–water partition coefficient (Wildman–Crippen LogP) is 4.49. The molecule has 0 radical (unpaired) electrons. The topological polar surface area (TPSA) is 21.3 Å². The van der Waals surface area contributed by atoms with Crippen LogP contribution in [0.3, 0.4) is 0 Å². The smallest absolute Gasteiger partial charge is 0.0469 e. The molecule has 1 atom stereocenters. The molecular weight excluding hydrogens is 305 g/mol. The first-order chi connectivity index (χ1) is 9.84. The normalized spacial score (nSPS) is 18.2. The molecule has 0 spiro atoms. The Morgan fingerprint density at radius 3 is 2.62 bits per heavy atom. The Hall–Kier alpha value is -0.280. The zero-order valence-corrected chi connectivity index (χ0v) is 14.2. The van der Waals surface area contributed by atoms with Gasteiger partial charge in [-0.05, 0) is 75.2 Å². The van der Waals surface area contributed by atoms with E-state index in [1.807, 2.05) is 12.1 Å². The fourth-order valence-corrected chi connectivity index (χ4v) is 2.90. The molecule has 1 saturated heterocycles. The Bertz CT molecular complexity index is 364. The Morgan fingerprint density at radius 1 is 1.14 bits per heavy atom. The Balaban J connectivity index is 0.00000220. The van der Waals surface area contributed by atoms with Crippen molar-refractivity contribution in [1.29, 1.82) is 0 Å². The molecular formula is C17H27Cl2NO. The predicted molar refractivity (Wildman–Crippen MR) is 92.7 cm³/mol. The molecule has 120 valence electrons. The fourth-order valence-electron chi connectivity index (χ4n) is 2.78. The molecule has 1 aromatic carbocycles. The van der Waals surface area contributed by atoms with Gasteiger partial charge in [0.05, 0.1) is 0 Å². The average Bonchev–Trinajstić information content (AvgIpc) is 2.49. The van der Waals surface area contributed by atoms with Crippen LogP contribution >= 0.6 is 24.0 Å². The highest BCUT2D eigenvalue weighted by Gasteiger charge is 2.11. The highest BCUT2D eigenvalue weighted by Crippen LogP contribution is 2.15. The highest BCUT2D eigenvalue weighted by molar-refractivity contribution is 6.30. The summed E-state index contributed by atoms with van der Waals surface area (Å²) in [5, 5.41) is 4.28. The summed E-state index contributed by atoms with van der Waals surface area (Å²) in [5.74, 6) is 0.876. The van der Waals surface area contributed by atoms with Crippen LogP contribution in [-0.4, -0.2) is 26.3 Å². The average molecular weight is 332 g/mol. The van der Waals surface area contributed by atoms with Gasteiger partial charge in [-0.15, -0.1) is 12.4 Å². The number of halogens is 2. The van der Waals surface area contributed by atoms with Crippen LogP contribution in [0.5, 0.6) is 0 Å². The molecule has 1 N–H and O–H groups in total. The second-order valence-corrected chi connectivity index (χ2v) is 6.13. The van der Waals surface area contributed by atoms with Crippen LogP contribution in [0.4, 0.5) is 0 Å². The summed E-state index contributed by atoms with van der Waals surface area (Å²) >= 11 is 5.87. The third-order valence-corrected chi connectivity index (χ3v) is 4.22. The first-order valence-corrected chi connectivity index (χ1v) is 8.25. The Morgan fingerprint density at radius 2 is 1.90 bits per heavy atom. The minimum absolute atomic E-state index is 0. The SMILES string of the molecule is Cl.Clc1ccc(CCCOCCCC2CCCNC2)cc1. The number of hydrogen-bond donors (Lipinski definition) is 1. The lowest BCUT2D eigenvalue weighted by molar-refractivity contribution is 0.123. The van der Waals surface area contributed by atoms with Crippen molar-refractivity contribution in [3.63, 3.8) is 0 Å². The van der Waals surface area contributed by atoms with E-state index >= 15 is 0 Å². The summed E-state index contributed by atoms with van der Waals surface area (Å²) in [7, 11) is 0. The lowest BCUT2D eigenvalue weighted by atomic mass is 9.95. The Kier molecular flexibility index (Phi) is 10.1. The Labute approximate surface area is 140 Å². The van der Waals surface area contributed by atoms with Gasteiger partial charge in [0.1, 0.15) is 0 Å². The van der Waals surface area contributed by atoms with Crippen LogP contribution in [0.15, 0.2) is 24.3 Å². The van der Waals surface area contributed by atoms with E-state index in [1.165, 1.54) is 44.3 Å². The molecule has 2 rings (SSSR count). The summed E-state index contributed by atoms with van der Waals surface area (Å²) in [6.45, 7) is 4.19. The van der Waals surface area contributed by atoms with E-state index < -0.39 is 0 Å². The molecule has 1 heterocycles. The molecule has 21 heavy (non-hydrogen) atoms. The first-order valence-electron chi connectivity index (χ1n) is 7.87. The van der Waals surface area contributed by atoms with E-state index in [0.29, 0.717) is 0 Å². The molecule has 1 unspecified atom stereocenters. The van der Waals surface area contributed by atoms with Crippen molar-refractivity contribution in [2.24, 2.45) is 5.92 Å². The second-order valence-electron chi connectivity index (χ2n) is 5.70. The van der Waals surface area contributed by atoms with Gasteiger partial charge in [0.25, 0.3) is 0 Å². The van der Waals surface area contributed by atoms with Crippen molar-refractivity contribution in [1.82, 2.24) is 5.32 Å². The van der Waals surface area contributed by atoms with Gasteiger partial charge >= 0.3 is 0 Å². The molecule has 0 aromatic heterocycles. The minimum atomic E-state index is 0. The maximum atomic E-state index is 5.87. The molecule has 1 aliphatic rings. The van der Waals surface area contributed by atoms with Crippen molar-refractivity contribution >= 4 is 24.0 Å². The largest absolute Gasteiger partial charge is 0.381 e. The molecule has 0 saturated carbocycles. The standard InChI is InChI=1S/C17H26ClNO.ClH/c18-17-9-7-15(8-10-17)5-2-12-20-13-3-6-16-4-1-11-19-14-16;/h7-10,16,19H,1-6,11-14H2;1H. The first kappa shape index (κ1) is 18.8. The van der Waals surface area contributed by atoms with E-state index in [-0.39, 0.29) is 12.4 Å². The van der Waals surface area contributed by atoms with Crippen LogP contribution in [-0.2, 0) is 11.2 Å². The molecule has 1 fully saturated rings. The summed E-state index contributed by atoms with van der Waals surface area (Å²) in [6, 6.07) is 8.10. The van der Waals surface area contributed by atoms with Gasteiger partial charge in [0.15, 0.2) is 0 Å². The van der Waals surface area contributed by atoms with Crippen LogP contribution in [0, 0.1) is 5.92 Å². The molecule has 2 nitrogen and oxygen atoms in total. The molecule has 1 aliphatic heterocycles. The highest BCUT2D eigenvalue weighted by atomic mass is 35.5. The third kappa shape index (κ3) is 8.06. The van der Waals surface area contributed by atoms with Gasteiger partial charge in [-0.25, -0.2) is 0 Å². The maximum absolute atomic E-state index is 5.87. The van der Waals surface area contributed by atoms with Crippen molar-refractivity contribution in [3.8, 4) is 0 Å². The third-order valence-electron chi connectivity index (χ3n) is 3.97. The number of ether oxygens (including phenoxy) is 1. The number of nitrogens with one attached hydrogen (secondary N) is 1. The molecule has 4 heteroatoms. The van der Waals surface area contributed by atoms with Crippen molar-refractivity contribution in [2.45, 2.75) is 38.5 Å². The van der Waals surface area contributed by atoms with Gasteiger partial charge in [0, 0.05) is 18.2 Å². The van der Waals surface area contributed by atoms with Crippen molar-refractivity contribution in [3.05, 3.63) is 34.9 Å². The molecule has 0 amide bonds. The number of rotatable bonds is 8. The molecule has 0 bridgehead atoms. The number of piperidine rings is 1. The lowest BCUT2D eigenvalue weighted by Gasteiger charge is -2.22. The number of aryl methyl sites for hydroxylation is 1. The van der Waals surface area contributed by atoms with Gasteiger partial charge < -0.3 is 10.1 Å². The lowest BCUT2D eigenvalue weighted by Crippen LogP contribution is -2.29. The zero-order chi connectivity index (χ0) is 14.0. The van der Waals surface area contributed by atoms with Crippen molar-refractivity contribution in [2.75, 3.05) is 26.3 Å². The summed E-state index contributed by atoms with van der Waals surface area (Å²) < 4.78 is 5.72. The summed E-state index contributed by atoms with van der Waals surface area (Å²) in [5.41, 5.74) is 1.34. The molecule has 0 aliphatic carbocycles. The van der Waals surface area contributed by atoms with Gasteiger partial charge in [0.2, 0.25) is 0 Å². The van der Waals surface area contributed by atoms with Crippen LogP contribution in [0.2, 0.25) is 5.02 Å². The van der Waals surface area contributed by atoms with Gasteiger partial charge in [-0.3, -0.25) is 0 Å². The van der Waals surface area contributed by atoms with Crippen LogP contribution < -0.4 is 5.32 Å².